The third-order valence-corrected chi connectivity index (χ3v) is 3.26. The van der Waals surface area contributed by atoms with E-state index in [0.717, 1.165) is 12.8 Å². The van der Waals surface area contributed by atoms with E-state index in [1.54, 1.807) is 0 Å². The van der Waals surface area contributed by atoms with Crippen LogP contribution >= 0.6 is 0 Å². The molecule has 0 spiro atoms. The molecule has 0 bridgehead atoms. The average molecular weight is 282 g/mol. The molecule has 0 aliphatic heterocycles. The van der Waals surface area contributed by atoms with Crippen LogP contribution in [0, 0.1) is 0 Å². The zero-order valence-electron chi connectivity index (χ0n) is 12.4. The molecule has 1 rings (SSSR count). The summed E-state index contributed by atoms with van der Waals surface area (Å²) in [4.78, 5) is 11.4. The van der Waals surface area contributed by atoms with Crippen molar-refractivity contribution in [2.75, 3.05) is 6.61 Å². The molecule has 1 heterocycles. The molecule has 0 saturated carbocycles. The van der Waals surface area contributed by atoms with E-state index in [2.05, 4.69) is 27.5 Å². The number of nitrogens with zero attached hydrogens (tertiary/aromatic N) is 3. The molecule has 0 fully saturated rings. The Hall–Kier alpha value is -1.46. The first-order chi connectivity index (χ1) is 9.84. The summed E-state index contributed by atoms with van der Waals surface area (Å²) in [5.41, 5.74) is 0. The Balaban J connectivity index is 1.82. The molecule has 6 heteroatoms. The summed E-state index contributed by atoms with van der Waals surface area (Å²) < 4.78 is 5.03. The van der Waals surface area contributed by atoms with Gasteiger partial charge >= 0.3 is 5.97 Å². The lowest BCUT2D eigenvalue weighted by molar-refractivity contribution is 0.0483. The van der Waals surface area contributed by atoms with Gasteiger partial charge in [0.15, 0.2) is 0 Å². The molecule has 0 saturated heterocycles. The average Bonchev–Trinajstić information content (AvgIpc) is 2.99. The molecule has 6 nitrogen and oxygen atoms in total. The SMILES string of the molecule is CCCCCCCCCCCCOC(=O)c1nn[nH]n1. The van der Waals surface area contributed by atoms with Gasteiger partial charge in [0.1, 0.15) is 0 Å². The fourth-order valence-corrected chi connectivity index (χ4v) is 2.07. The van der Waals surface area contributed by atoms with E-state index in [9.17, 15) is 4.79 Å². The zero-order valence-corrected chi connectivity index (χ0v) is 12.4. The van der Waals surface area contributed by atoms with Crippen molar-refractivity contribution in [2.24, 2.45) is 0 Å². The van der Waals surface area contributed by atoms with Gasteiger partial charge in [0, 0.05) is 0 Å². The summed E-state index contributed by atoms with van der Waals surface area (Å²) in [6, 6.07) is 0. The van der Waals surface area contributed by atoms with Crippen molar-refractivity contribution in [1.82, 2.24) is 20.6 Å². The topological polar surface area (TPSA) is 80.8 Å². The number of hydrogen-bond donors (Lipinski definition) is 1. The van der Waals surface area contributed by atoms with Gasteiger partial charge in [-0.15, -0.1) is 10.2 Å². The van der Waals surface area contributed by atoms with Gasteiger partial charge in [-0.3, -0.25) is 0 Å². The fraction of sp³-hybridized carbons (Fsp3) is 0.857. The van der Waals surface area contributed by atoms with Crippen molar-refractivity contribution in [3.8, 4) is 0 Å². The second-order valence-corrected chi connectivity index (χ2v) is 5.05. The van der Waals surface area contributed by atoms with Gasteiger partial charge in [-0.05, 0) is 11.6 Å². The van der Waals surface area contributed by atoms with Crippen LogP contribution in [0.15, 0.2) is 0 Å². The Labute approximate surface area is 120 Å². The number of carbonyl (C=O) groups is 1. The van der Waals surface area contributed by atoms with Crippen molar-refractivity contribution in [3.63, 3.8) is 0 Å². The van der Waals surface area contributed by atoms with Crippen LogP contribution in [-0.2, 0) is 4.74 Å². The number of tetrazole rings is 1. The van der Waals surface area contributed by atoms with Crippen LogP contribution < -0.4 is 0 Å². The van der Waals surface area contributed by atoms with E-state index in [4.69, 9.17) is 4.74 Å². The van der Waals surface area contributed by atoms with Gasteiger partial charge in [-0.1, -0.05) is 64.7 Å². The number of aromatic amines is 1. The van der Waals surface area contributed by atoms with Gasteiger partial charge in [0.25, 0.3) is 5.82 Å². The summed E-state index contributed by atoms with van der Waals surface area (Å²) in [7, 11) is 0. The Kier molecular flexibility index (Phi) is 9.44. The molecule has 0 aliphatic carbocycles. The fourth-order valence-electron chi connectivity index (χ4n) is 2.07. The second-order valence-electron chi connectivity index (χ2n) is 5.05. The number of unbranched alkanes of at least 4 members (excludes halogenated alkanes) is 9. The van der Waals surface area contributed by atoms with Crippen LogP contribution in [0.5, 0.6) is 0 Å². The lowest BCUT2D eigenvalue weighted by atomic mass is 10.1. The Morgan fingerprint density at radius 1 is 1.00 bits per heavy atom. The minimum absolute atomic E-state index is 0.00270. The van der Waals surface area contributed by atoms with Crippen molar-refractivity contribution in [3.05, 3.63) is 5.82 Å². The summed E-state index contributed by atoms with van der Waals surface area (Å²) in [5.74, 6) is -0.508. The molecule has 1 aromatic heterocycles. The third kappa shape index (κ3) is 7.86. The number of carbonyl (C=O) groups excluding carboxylic acids is 1. The maximum absolute atomic E-state index is 11.4. The lowest BCUT2D eigenvalue weighted by Gasteiger charge is -2.03. The van der Waals surface area contributed by atoms with Crippen molar-refractivity contribution >= 4 is 5.97 Å². The van der Waals surface area contributed by atoms with E-state index < -0.39 is 5.97 Å². The van der Waals surface area contributed by atoms with Crippen LogP contribution in [-0.4, -0.2) is 33.2 Å². The minimum atomic E-state index is -0.505. The van der Waals surface area contributed by atoms with Crippen LogP contribution in [0.25, 0.3) is 0 Å². The van der Waals surface area contributed by atoms with Gasteiger partial charge in [0.2, 0.25) is 0 Å². The predicted molar refractivity (Wildman–Crippen MR) is 76.3 cm³/mol. The lowest BCUT2D eigenvalue weighted by Crippen LogP contribution is -2.08. The number of aromatic nitrogens is 4. The molecule has 0 amide bonds. The summed E-state index contributed by atoms with van der Waals surface area (Å²) in [6.07, 6.45) is 12.6. The quantitative estimate of drug-likeness (QED) is 0.470. The number of hydrogen-bond acceptors (Lipinski definition) is 5. The number of nitrogens with one attached hydrogen (secondary N) is 1. The number of H-pyrrole nitrogens is 1. The number of esters is 1. The van der Waals surface area contributed by atoms with Gasteiger partial charge in [-0.2, -0.15) is 5.21 Å². The molecule has 0 aromatic carbocycles. The Morgan fingerprint density at radius 2 is 1.60 bits per heavy atom. The smallest absolute Gasteiger partial charge is 0.380 e. The monoisotopic (exact) mass is 282 g/mol. The maximum Gasteiger partial charge on any atom is 0.380 e. The van der Waals surface area contributed by atoms with Crippen molar-refractivity contribution in [1.29, 1.82) is 0 Å². The first kappa shape index (κ1) is 16.6. The highest BCUT2D eigenvalue weighted by atomic mass is 16.5. The van der Waals surface area contributed by atoms with Crippen LogP contribution in [0.4, 0.5) is 0 Å². The highest BCUT2D eigenvalue weighted by Gasteiger charge is 2.11. The van der Waals surface area contributed by atoms with Crippen LogP contribution in [0.2, 0.25) is 0 Å². The molecule has 20 heavy (non-hydrogen) atoms. The summed E-state index contributed by atoms with van der Waals surface area (Å²) in [6.45, 7) is 2.68. The molecule has 1 N–H and O–H groups in total. The van der Waals surface area contributed by atoms with E-state index in [1.807, 2.05) is 0 Å². The van der Waals surface area contributed by atoms with Gasteiger partial charge in [0.05, 0.1) is 6.61 Å². The molecule has 0 aliphatic rings. The molecule has 0 unspecified atom stereocenters. The van der Waals surface area contributed by atoms with Crippen molar-refractivity contribution < 1.29 is 9.53 Å². The van der Waals surface area contributed by atoms with E-state index in [-0.39, 0.29) is 5.82 Å². The largest absolute Gasteiger partial charge is 0.460 e. The standard InChI is InChI=1S/C14H26N4O2/c1-2-3-4-5-6-7-8-9-10-11-12-20-14(19)13-15-17-18-16-13/h2-12H2,1H3,(H,15,16,17,18). The zero-order chi connectivity index (χ0) is 14.5. The first-order valence-electron chi connectivity index (χ1n) is 7.75. The van der Waals surface area contributed by atoms with Gasteiger partial charge in [-0.25, -0.2) is 4.79 Å². The molecule has 1 aromatic rings. The third-order valence-electron chi connectivity index (χ3n) is 3.26. The van der Waals surface area contributed by atoms with E-state index >= 15 is 0 Å². The Morgan fingerprint density at radius 3 is 2.15 bits per heavy atom. The highest BCUT2D eigenvalue weighted by molar-refractivity contribution is 5.84. The molecular weight excluding hydrogens is 256 g/mol. The van der Waals surface area contributed by atoms with Gasteiger partial charge < -0.3 is 4.74 Å². The van der Waals surface area contributed by atoms with Crippen molar-refractivity contribution in [2.45, 2.75) is 71.1 Å². The molecule has 114 valence electrons. The van der Waals surface area contributed by atoms with Crippen LogP contribution in [0.3, 0.4) is 0 Å². The minimum Gasteiger partial charge on any atom is -0.460 e. The van der Waals surface area contributed by atoms with E-state index in [0.29, 0.717) is 6.61 Å². The second kappa shape index (κ2) is 11.4. The summed E-state index contributed by atoms with van der Waals surface area (Å²) >= 11 is 0. The predicted octanol–water partition coefficient (Wildman–Crippen LogP) is 3.28. The molecule has 0 radical (unpaired) electrons. The molecule has 0 atom stereocenters. The van der Waals surface area contributed by atoms with E-state index in [1.165, 1.54) is 51.4 Å². The molecular formula is C14H26N4O2. The number of ether oxygens (including phenoxy) is 1. The summed E-state index contributed by atoms with van der Waals surface area (Å²) in [5, 5.41) is 12.7. The normalized spacial score (nSPS) is 10.7. The Bertz CT molecular complexity index is 341. The number of rotatable bonds is 12. The maximum atomic E-state index is 11.4. The highest BCUT2D eigenvalue weighted by Crippen LogP contribution is 2.10. The first-order valence-corrected chi connectivity index (χ1v) is 7.75. The van der Waals surface area contributed by atoms with Crippen LogP contribution in [0.1, 0.15) is 81.8 Å².